The van der Waals surface area contributed by atoms with Crippen molar-refractivity contribution in [1.29, 1.82) is 0 Å². The fourth-order valence-corrected chi connectivity index (χ4v) is 2.99. The van der Waals surface area contributed by atoms with Gasteiger partial charge >= 0.3 is 5.97 Å². The molecule has 2 rings (SSSR count). The van der Waals surface area contributed by atoms with Crippen LogP contribution in [0, 0.1) is 11.8 Å². The quantitative estimate of drug-likeness (QED) is 0.843. The van der Waals surface area contributed by atoms with E-state index in [9.17, 15) is 9.59 Å². The number of hydrogen-bond donors (Lipinski definition) is 1. The number of aliphatic carboxylic acids is 1. The van der Waals surface area contributed by atoms with Crippen molar-refractivity contribution in [3.05, 3.63) is 0 Å². The van der Waals surface area contributed by atoms with E-state index >= 15 is 0 Å². The third-order valence-corrected chi connectivity index (χ3v) is 4.36. The molecule has 1 N–H and O–H groups in total. The molecule has 0 aromatic rings. The maximum atomic E-state index is 12.3. The number of nitrogens with zero attached hydrogens (tertiary/aromatic N) is 1. The minimum absolute atomic E-state index is 0.0223. The monoisotopic (exact) mass is 269 g/mol. The second-order valence-corrected chi connectivity index (χ2v) is 5.94. The molecule has 0 saturated carbocycles. The SMILES string of the molecule is CC(C)C1CCN(C(=O)[C@@H]2CC[C@H](C(=O)O)O2)CC1. The third kappa shape index (κ3) is 3.26. The highest BCUT2D eigenvalue weighted by molar-refractivity contribution is 5.82. The Morgan fingerprint density at radius 2 is 1.68 bits per heavy atom. The molecule has 19 heavy (non-hydrogen) atoms. The fourth-order valence-electron chi connectivity index (χ4n) is 2.99. The predicted molar refractivity (Wildman–Crippen MR) is 69.7 cm³/mol. The van der Waals surface area contributed by atoms with Gasteiger partial charge in [-0.25, -0.2) is 4.79 Å². The van der Waals surface area contributed by atoms with E-state index in [1.807, 2.05) is 4.90 Å². The largest absolute Gasteiger partial charge is 0.479 e. The number of carboxylic acids is 1. The Labute approximate surface area is 113 Å². The molecule has 0 radical (unpaired) electrons. The van der Waals surface area contributed by atoms with Gasteiger partial charge in [0.1, 0.15) is 6.10 Å². The Bertz CT molecular complexity index is 347. The molecule has 0 aliphatic carbocycles. The van der Waals surface area contributed by atoms with E-state index in [-0.39, 0.29) is 5.91 Å². The molecular formula is C14H23NO4. The molecule has 0 aromatic carbocycles. The van der Waals surface area contributed by atoms with Crippen LogP contribution in [0.2, 0.25) is 0 Å². The van der Waals surface area contributed by atoms with Gasteiger partial charge in [-0.15, -0.1) is 0 Å². The maximum Gasteiger partial charge on any atom is 0.332 e. The van der Waals surface area contributed by atoms with Gasteiger partial charge in [0.25, 0.3) is 5.91 Å². The molecule has 2 heterocycles. The highest BCUT2D eigenvalue weighted by Crippen LogP contribution is 2.27. The zero-order valence-electron chi connectivity index (χ0n) is 11.7. The van der Waals surface area contributed by atoms with Crippen molar-refractivity contribution in [2.75, 3.05) is 13.1 Å². The number of likely N-dealkylation sites (tertiary alicyclic amines) is 1. The molecule has 2 atom stereocenters. The van der Waals surface area contributed by atoms with Crippen LogP contribution < -0.4 is 0 Å². The summed E-state index contributed by atoms with van der Waals surface area (Å²) in [5, 5.41) is 8.87. The second kappa shape index (κ2) is 5.90. The van der Waals surface area contributed by atoms with E-state index in [1.165, 1.54) is 0 Å². The molecule has 2 saturated heterocycles. The number of carbonyl (C=O) groups is 2. The summed E-state index contributed by atoms with van der Waals surface area (Å²) in [6.45, 7) is 6.00. The zero-order valence-corrected chi connectivity index (χ0v) is 11.7. The first-order chi connectivity index (χ1) is 8.99. The molecule has 1 amide bonds. The Morgan fingerprint density at radius 3 is 2.16 bits per heavy atom. The van der Waals surface area contributed by atoms with Crippen LogP contribution in [0.5, 0.6) is 0 Å². The van der Waals surface area contributed by atoms with Crippen LogP contribution in [0.25, 0.3) is 0 Å². The van der Waals surface area contributed by atoms with Crippen molar-refractivity contribution in [2.45, 2.75) is 51.7 Å². The standard InChI is InChI=1S/C14H23NO4/c1-9(2)10-5-7-15(8-6-10)13(16)11-3-4-12(19-11)14(17)18/h9-12H,3-8H2,1-2H3,(H,17,18)/t11-,12+/m0/s1. The molecule has 5 nitrogen and oxygen atoms in total. The van der Waals surface area contributed by atoms with Crippen molar-refractivity contribution >= 4 is 11.9 Å². The van der Waals surface area contributed by atoms with Gasteiger partial charge in [0.05, 0.1) is 0 Å². The van der Waals surface area contributed by atoms with Crippen LogP contribution in [0.15, 0.2) is 0 Å². The van der Waals surface area contributed by atoms with Crippen LogP contribution in [0.1, 0.15) is 39.5 Å². The van der Waals surface area contributed by atoms with Gasteiger partial charge in [0, 0.05) is 13.1 Å². The van der Waals surface area contributed by atoms with Gasteiger partial charge in [0.15, 0.2) is 6.10 Å². The van der Waals surface area contributed by atoms with Gasteiger partial charge in [0.2, 0.25) is 0 Å². The average Bonchev–Trinajstić information content (AvgIpc) is 2.87. The summed E-state index contributed by atoms with van der Waals surface area (Å²) in [6.07, 6.45) is 1.70. The fraction of sp³-hybridized carbons (Fsp3) is 0.857. The van der Waals surface area contributed by atoms with E-state index in [4.69, 9.17) is 9.84 Å². The number of carboxylic acid groups (broad SMARTS) is 1. The molecule has 5 heteroatoms. The van der Waals surface area contributed by atoms with Crippen LogP contribution in [0.4, 0.5) is 0 Å². The first-order valence-electron chi connectivity index (χ1n) is 7.16. The normalized spacial score (nSPS) is 28.9. The van der Waals surface area contributed by atoms with Crippen LogP contribution in [-0.4, -0.2) is 47.2 Å². The summed E-state index contributed by atoms with van der Waals surface area (Å²) >= 11 is 0. The van der Waals surface area contributed by atoms with Gasteiger partial charge < -0.3 is 14.7 Å². The summed E-state index contributed by atoms with van der Waals surface area (Å²) in [6, 6.07) is 0. The lowest BCUT2D eigenvalue weighted by Crippen LogP contribution is -2.44. The predicted octanol–water partition coefficient (Wildman–Crippen LogP) is 1.51. The summed E-state index contributed by atoms with van der Waals surface area (Å²) < 4.78 is 5.32. The van der Waals surface area contributed by atoms with Crippen LogP contribution >= 0.6 is 0 Å². The molecule has 0 bridgehead atoms. The Hall–Kier alpha value is -1.10. The second-order valence-electron chi connectivity index (χ2n) is 5.94. The molecule has 0 spiro atoms. The first kappa shape index (κ1) is 14.3. The number of amides is 1. The Balaban J connectivity index is 1.83. The van der Waals surface area contributed by atoms with E-state index in [0.717, 1.165) is 25.9 Å². The molecule has 0 unspecified atom stereocenters. The van der Waals surface area contributed by atoms with Crippen LogP contribution in [-0.2, 0) is 14.3 Å². The smallest absolute Gasteiger partial charge is 0.332 e. The van der Waals surface area contributed by atoms with E-state index in [0.29, 0.717) is 24.7 Å². The zero-order chi connectivity index (χ0) is 14.0. The van der Waals surface area contributed by atoms with E-state index in [1.54, 1.807) is 0 Å². The van der Waals surface area contributed by atoms with Crippen molar-refractivity contribution in [1.82, 2.24) is 4.90 Å². The van der Waals surface area contributed by atoms with Gasteiger partial charge in [-0.05, 0) is 37.5 Å². The summed E-state index contributed by atoms with van der Waals surface area (Å²) in [7, 11) is 0. The number of carbonyl (C=O) groups excluding carboxylic acids is 1. The van der Waals surface area contributed by atoms with E-state index < -0.39 is 18.2 Å². The number of ether oxygens (including phenoxy) is 1. The van der Waals surface area contributed by atoms with Gasteiger partial charge in [-0.3, -0.25) is 4.79 Å². The van der Waals surface area contributed by atoms with Gasteiger partial charge in [-0.2, -0.15) is 0 Å². The Morgan fingerprint density at radius 1 is 1.11 bits per heavy atom. The van der Waals surface area contributed by atoms with Crippen molar-refractivity contribution < 1.29 is 19.4 Å². The number of piperidine rings is 1. The van der Waals surface area contributed by atoms with Crippen molar-refractivity contribution in [2.24, 2.45) is 11.8 Å². The summed E-state index contributed by atoms with van der Waals surface area (Å²) in [5.41, 5.74) is 0. The molecule has 0 aromatic heterocycles. The first-order valence-corrected chi connectivity index (χ1v) is 7.16. The molecule has 2 fully saturated rings. The van der Waals surface area contributed by atoms with E-state index in [2.05, 4.69) is 13.8 Å². The minimum Gasteiger partial charge on any atom is -0.479 e. The average molecular weight is 269 g/mol. The lowest BCUT2D eigenvalue weighted by atomic mass is 9.86. The van der Waals surface area contributed by atoms with Crippen LogP contribution in [0.3, 0.4) is 0 Å². The highest BCUT2D eigenvalue weighted by Gasteiger charge is 2.37. The topological polar surface area (TPSA) is 66.8 Å². The highest BCUT2D eigenvalue weighted by atomic mass is 16.5. The summed E-state index contributed by atoms with van der Waals surface area (Å²) in [4.78, 5) is 24.9. The summed E-state index contributed by atoms with van der Waals surface area (Å²) in [5.74, 6) is 0.372. The molecule has 2 aliphatic rings. The number of rotatable bonds is 3. The molecule has 2 aliphatic heterocycles. The van der Waals surface area contributed by atoms with Crippen molar-refractivity contribution in [3.8, 4) is 0 Å². The lowest BCUT2D eigenvalue weighted by molar-refractivity contribution is -0.155. The third-order valence-electron chi connectivity index (χ3n) is 4.36. The lowest BCUT2D eigenvalue weighted by Gasteiger charge is -2.35. The Kier molecular flexibility index (Phi) is 4.45. The minimum atomic E-state index is -0.964. The number of hydrogen-bond acceptors (Lipinski definition) is 3. The maximum absolute atomic E-state index is 12.3. The molecule has 108 valence electrons. The van der Waals surface area contributed by atoms with Crippen molar-refractivity contribution in [3.63, 3.8) is 0 Å². The van der Waals surface area contributed by atoms with Gasteiger partial charge in [-0.1, -0.05) is 13.8 Å². The molecular weight excluding hydrogens is 246 g/mol.